The molecule has 104 valence electrons. The van der Waals surface area contributed by atoms with Crippen LogP contribution in [0.2, 0.25) is 0 Å². The number of rotatable bonds is 3. The van der Waals surface area contributed by atoms with E-state index in [-0.39, 0.29) is 6.04 Å². The molecule has 1 aromatic heterocycles. The quantitative estimate of drug-likeness (QED) is 0.878. The highest BCUT2D eigenvalue weighted by molar-refractivity contribution is 5.05. The summed E-state index contributed by atoms with van der Waals surface area (Å²) in [6, 6.07) is 0.0150. The molecule has 0 amide bonds. The van der Waals surface area contributed by atoms with Crippen molar-refractivity contribution in [3.05, 3.63) is 11.6 Å². The Bertz CT molecular complexity index is 443. The molecular formula is C15H24N4. The third kappa shape index (κ3) is 2.00. The minimum absolute atomic E-state index is 0.0150. The second-order valence-corrected chi connectivity index (χ2v) is 7.51. The highest BCUT2D eigenvalue weighted by atomic mass is 15.2. The Morgan fingerprint density at radius 3 is 2.26 bits per heavy atom. The van der Waals surface area contributed by atoms with Crippen LogP contribution in [0.25, 0.3) is 0 Å². The minimum Gasteiger partial charge on any atom is -0.321 e. The van der Waals surface area contributed by atoms with Crippen molar-refractivity contribution < 1.29 is 0 Å². The first-order valence-corrected chi connectivity index (χ1v) is 7.76. The minimum atomic E-state index is 0.0150. The summed E-state index contributed by atoms with van der Waals surface area (Å²) in [6.45, 7) is 1.94. The van der Waals surface area contributed by atoms with Crippen molar-refractivity contribution in [2.24, 2.45) is 28.9 Å². The Balaban J connectivity index is 1.53. The summed E-state index contributed by atoms with van der Waals surface area (Å²) in [5, 5.41) is 7.17. The number of aryl methyl sites for hydroxylation is 1. The van der Waals surface area contributed by atoms with Gasteiger partial charge in [0.15, 0.2) is 5.82 Å². The molecule has 5 rings (SSSR count). The van der Waals surface area contributed by atoms with E-state index in [9.17, 15) is 0 Å². The summed E-state index contributed by atoms with van der Waals surface area (Å²) in [7, 11) is 0. The van der Waals surface area contributed by atoms with E-state index in [2.05, 4.69) is 15.2 Å². The highest BCUT2D eigenvalue weighted by Gasteiger charge is 2.51. The standard InChI is InChI=1S/C15H24N4/c1-9-17-14(19-18-9)13(16)8-15-5-10-2-11(6-15)4-12(3-10)7-15/h10-13H,2-8,16H2,1H3,(H,17,18,19). The van der Waals surface area contributed by atoms with Gasteiger partial charge in [0, 0.05) is 0 Å². The van der Waals surface area contributed by atoms with Crippen LogP contribution in [0.3, 0.4) is 0 Å². The zero-order valence-corrected chi connectivity index (χ0v) is 11.7. The maximum atomic E-state index is 6.38. The average molecular weight is 260 g/mol. The van der Waals surface area contributed by atoms with Gasteiger partial charge in [-0.3, -0.25) is 5.10 Å². The number of aromatic amines is 1. The largest absolute Gasteiger partial charge is 0.321 e. The van der Waals surface area contributed by atoms with Crippen molar-refractivity contribution >= 4 is 0 Å². The van der Waals surface area contributed by atoms with Crippen LogP contribution in [0.1, 0.15) is 62.6 Å². The van der Waals surface area contributed by atoms with Gasteiger partial charge in [0.2, 0.25) is 0 Å². The molecule has 0 spiro atoms. The molecule has 4 heteroatoms. The van der Waals surface area contributed by atoms with Crippen LogP contribution in [-0.4, -0.2) is 15.2 Å². The second kappa shape index (κ2) is 4.05. The van der Waals surface area contributed by atoms with Crippen molar-refractivity contribution in [1.82, 2.24) is 15.2 Å². The molecule has 1 heterocycles. The fraction of sp³-hybridized carbons (Fsp3) is 0.867. The number of hydrogen-bond donors (Lipinski definition) is 2. The lowest BCUT2D eigenvalue weighted by molar-refractivity contribution is -0.0608. The van der Waals surface area contributed by atoms with Crippen molar-refractivity contribution in [2.75, 3.05) is 0 Å². The topological polar surface area (TPSA) is 67.6 Å². The van der Waals surface area contributed by atoms with E-state index in [1.807, 2.05) is 6.92 Å². The molecule has 4 aliphatic rings. The van der Waals surface area contributed by atoms with Crippen LogP contribution in [0.5, 0.6) is 0 Å². The van der Waals surface area contributed by atoms with Crippen LogP contribution in [-0.2, 0) is 0 Å². The summed E-state index contributed by atoms with van der Waals surface area (Å²) < 4.78 is 0. The monoisotopic (exact) mass is 260 g/mol. The van der Waals surface area contributed by atoms with E-state index >= 15 is 0 Å². The van der Waals surface area contributed by atoms with E-state index in [1.54, 1.807) is 0 Å². The van der Waals surface area contributed by atoms with Crippen molar-refractivity contribution in [1.29, 1.82) is 0 Å². The first-order chi connectivity index (χ1) is 9.12. The van der Waals surface area contributed by atoms with E-state index in [4.69, 9.17) is 5.73 Å². The average Bonchev–Trinajstić information content (AvgIpc) is 2.73. The van der Waals surface area contributed by atoms with Gasteiger partial charge in [0.25, 0.3) is 0 Å². The fourth-order valence-electron chi connectivity index (χ4n) is 5.62. The van der Waals surface area contributed by atoms with Crippen LogP contribution in [0.15, 0.2) is 0 Å². The van der Waals surface area contributed by atoms with Crippen LogP contribution >= 0.6 is 0 Å². The Morgan fingerprint density at radius 1 is 1.21 bits per heavy atom. The fourth-order valence-corrected chi connectivity index (χ4v) is 5.62. The van der Waals surface area contributed by atoms with Gasteiger partial charge in [-0.2, -0.15) is 5.10 Å². The molecule has 0 aliphatic heterocycles. The van der Waals surface area contributed by atoms with Gasteiger partial charge in [-0.05, 0) is 75.0 Å². The lowest BCUT2D eigenvalue weighted by atomic mass is 9.48. The summed E-state index contributed by atoms with van der Waals surface area (Å²) >= 11 is 0. The number of hydrogen-bond acceptors (Lipinski definition) is 3. The maximum Gasteiger partial charge on any atom is 0.167 e. The van der Waals surface area contributed by atoms with Crippen molar-refractivity contribution in [2.45, 2.75) is 57.9 Å². The normalized spacial score (nSPS) is 41.7. The van der Waals surface area contributed by atoms with Gasteiger partial charge < -0.3 is 5.73 Å². The van der Waals surface area contributed by atoms with Crippen molar-refractivity contribution in [3.63, 3.8) is 0 Å². The summed E-state index contributed by atoms with van der Waals surface area (Å²) in [4.78, 5) is 4.42. The highest BCUT2D eigenvalue weighted by Crippen LogP contribution is 2.62. The number of nitrogens with zero attached hydrogens (tertiary/aromatic N) is 2. The molecule has 1 atom stereocenters. The molecule has 4 nitrogen and oxygen atoms in total. The summed E-state index contributed by atoms with van der Waals surface area (Å²) in [5.41, 5.74) is 6.90. The Hall–Kier alpha value is -0.900. The van der Waals surface area contributed by atoms with Crippen molar-refractivity contribution in [3.8, 4) is 0 Å². The molecule has 0 radical (unpaired) electrons. The molecule has 0 saturated heterocycles. The van der Waals surface area contributed by atoms with E-state index in [1.165, 1.54) is 38.5 Å². The van der Waals surface area contributed by atoms with Gasteiger partial charge >= 0.3 is 0 Å². The first kappa shape index (κ1) is 11.9. The lowest BCUT2D eigenvalue weighted by Gasteiger charge is -2.57. The van der Waals surface area contributed by atoms with E-state index in [0.717, 1.165) is 35.8 Å². The number of aromatic nitrogens is 3. The molecule has 1 aromatic rings. The maximum absolute atomic E-state index is 6.38. The van der Waals surface area contributed by atoms with Crippen LogP contribution in [0, 0.1) is 30.1 Å². The van der Waals surface area contributed by atoms with Gasteiger partial charge in [-0.25, -0.2) is 4.98 Å². The second-order valence-electron chi connectivity index (χ2n) is 7.51. The molecular weight excluding hydrogens is 236 g/mol. The molecule has 4 aliphatic carbocycles. The third-order valence-corrected chi connectivity index (χ3v) is 5.76. The molecule has 0 aromatic carbocycles. The summed E-state index contributed by atoms with van der Waals surface area (Å²) in [6.07, 6.45) is 9.81. The number of H-pyrrole nitrogens is 1. The molecule has 19 heavy (non-hydrogen) atoms. The van der Waals surface area contributed by atoms with Crippen LogP contribution < -0.4 is 5.73 Å². The van der Waals surface area contributed by atoms with Gasteiger partial charge in [-0.15, -0.1) is 0 Å². The number of nitrogens with two attached hydrogens (primary N) is 1. The van der Waals surface area contributed by atoms with Gasteiger partial charge in [0.05, 0.1) is 6.04 Å². The zero-order chi connectivity index (χ0) is 13.0. The Kier molecular flexibility index (Phi) is 2.53. The van der Waals surface area contributed by atoms with E-state index < -0.39 is 0 Å². The van der Waals surface area contributed by atoms with E-state index in [0.29, 0.717) is 5.41 Å². The molecule has 4 saturated carbocycles. The Labute approximate surface area is 114 Å². The summed E-state index contributed by atoms with van der Waals surface area (Å²) in [5.74, 6) is 4.66. The molecule has 1 unspecified atom stereocenters. The van der Waals surface area contributed by atoms with Gasteiger partial charge in [0.1, 0.15) is 5.82 Å². The third-order valence-electron chi connectivity index (χ3n) is 5.76. The number of nitrogens with one attached hydrogen (secondary N) is 1. The first-order valence-electron chi connectivity index (χ1n) is 7.76. The van der Waals surface area contributed by atoms with Crippen LogP contribution in [0.4, 0.5) is 0 Å². The molecule has 3 N–H and O–H groups in total. The van der Waals surface area contributed by atoms with Gasteiger partial charge in [-0.1, -0.05) is 0 Å². The lowest BCUT2D eigenvalue weighted by Crippen LogP contribution is -2.47. The predicted octanol–water partition coefficient (Wildman–Crippen LogP) is 2.72. The predicted molar refractivity (Wildman–Crippen MR) is 73.3 cm³/mol. The smallest absolute Gasteiger partial charge is 0.167 e. The SMILES string of the molecule is Cc1nc(C(N)CC23CC4CC(CC(C4)C2)C3)n[nH]1. The molecule has 4 fully saturated rings. The molecule has 4 bridgehead atoms. The Morgan fingerprint density at radius 2 is 1.79 bits per heavy atom. The zero-order valence-electron chi connectivity index (χ0n) is 11.7.